The highest BCUT2D eigenvalue weighted by Gasteiger charge is 2.21. The highest BCUT2D eigenvalue weighted by atomic mass is 16.5. The van der Waals surface area contributed by atoms with Gasteiger partial charge in [0.1, 0.15) is 5.69 Å². The van der Waals surface area contributed by atoms with Crippen LogP contribution in [0.4, 0.5) is 0 Å². The predicted molar refractivity (Wildman–Crippen MR) is 108 cm³/mol. The molecule has 0 radical (unpaired) electrons. The predicted octanol–water partition coefficient (Wildman–Crippen LogP) is 5.14. The van der Waals surface area contributed by atoms with Crippen molar-refractivity contribution in [2.75, 3.05) is 0 Å². The van der Waals surface area contributed by atoms with Gasteiger partial charge in [-0.05, 0) is 32.3 Å². The zero-order chi connectivity index (χ0) is 19.4. The molecule has 5 heteroatoms. The van der Waals surface area contributed by atoms with E-state index >= 15 is 0 Å². The molecule has 0 aliphatic heterocycles. The van der Waals surface area contributed by atoms with Gasteiger partial charge < -0.3 is 9.84 Å². The van der Waals surface area contributed by atoms with E-state index in [1.165, 1.54) is 6.42 Å². The summed E-state index contributed by atoms with van der Waals surface area (Å²) in [7, 11) is 0. The molecule has 27 heavy (non-hydrogen) atoms. The number of nitrogens with one attached hydrogen (secondary N) is 1. The van der Waals surface area contributed by atoms with Crippen molar-refractivity contribution >= 4 is 17.0 Å². The molecule has 142 valence electrons. The summed E-state index contributed by atoms with van der Waals surface area (Å²) in [6.45, 7) is 8.34. The number of nitrogens with zero attached hydrogens (tertiary/aromatic N) is 2. The molecule has 3 aromatic rings. The van der Waals surface area contributed by atoms with Crippen LogP contribution in [0.2, 0.25) is 0 Å². The minimum Gasteiger partial charge on any atom is -0.350 e. The van der Waals surface area contributed by atoms with E-state index in [2.05, 4.69) is 36.2 Å². The molecule has 0 saturated heterocycles. The first-order chi connectivity index (χ1) is 13.0. The molecule has 0 saturated carbocycles. The van der Waals surface area contributed by atoms with Gasteiger partial charge in [0.25, 0.3) is 11.6 Å². The van der Waals surface area contributed by atoms with Gasteiger partial charge in [0.15, 0.2) is 0 Å². The highest BCUT2D eigenvalue weighted by molar-refractivity contribution is 6.09. The monoisotopic (exact) mass is 365 g/mol. The van der Waals surface area contributed by atoms with Crippen molar-refractivity contribution in [2.24, 2.45) is 5.92 Å². The SMILES string of the molecule is Cc1cc(C(=O)NC(C)CCCC(C)C)c2c(-c3ccccc3)noc2n1. The van der Waals surface area contributed by atoms with E-state index in [9.17, 15) is 4.79 Å². The van der Waals surface area contributed by atoms with Crippen molar-refractivity contribution in [1.29, 1.82) is 0 Å². The average Bonchev–Trinajstić information content (AvgIpc) is 3.05. The summed E-state index contributed by atoms with van der Waals surface area (Å²) in [5.41, 5.74) is 3.24. The third kappa shape index (κ3) is 4.54. The van der Waals surface area contributed by atoms with Gasteiger partial charge in [0, 0.05) is 17.3 Å². The smallest absolute Gasteiger partial charge is 0.259 e. The largest absolute Gasteiger partial charge is 0.350 e. The Hall–Kier alpha value is -2.69. The second kappa shape index (κ2) is 8.33. The second-order valence-corrected chi connectivity index (χ2v) is 7.59. The Labute approximate surface area is 160 Å². The zero-order valence-electron chi connectivity index (χ0n) is 16.5. The van der Waals surface area contributed by atoms with Crippen molar-refractivity contribution in [3.63, 3.8) is 0 Å². The molecule has 0 fully saturated rings. The molecule has 0 spiro atoms. The Balaban J connectivity index is 1.89. The fourth-order valence-corrected chi connectivity index (χ4v) is 3.25. The van der Waals surface area contributed by atoms with Gasteiger partial charge in [-0.25, -0.2) is 4.98 Å². The minimum absolute atomic E-state index is 0.108. The van der Waals surface area contributed by atoms with E-state index in [4.69, 9.17) is 4.52 Å². The maximum atomic E-state index is 13.0. The molecule has 1 atom stereocenters. The summed E-state index contributed by atoms with van der Waals surface area (Å²) in [4.78, 5) is 17.4. The van der Waals surface area contributed by atoms with Crippen LogP contribution in [0.3, 0.4) is 0 Å². The zero-order valence-corrected chi connectivity index (χ0v) is 16.5. The van der Waals surface area contributed by atoms with Crippen LogP contribution in [0.15, 0.2) is 40.9 Å². The number of hydrogen-bond acceptors (Lipinski definition) is 4. The van der Waals surface area contributed by atoms with Crippen LogP contribution < -0.4 is 5.32 Å². The molecular weight excluding hydrogens is 338 g/mol. The number of fused-ring (bicyclic) bond motifs is 1. The Morgan fingerprint density at radius 2 is 1.89 bits per heavy atom. The lowest BCUT2D eigenvalue weighted by Crippen LogP contribution is -2.32. The third-order valence-corrected chi connectivity index (χ3v) is 4.66. The van der Waals surface area contributed by atoms with Gasteiger partial charge in [-0.15, -0.1) is 0 Å². The van der Waals surface area contributed by atoms with Crippen molar-refractivity contribution in [3.05, 3.63) is 47.7 Å². The Bertz CT molecular complexity index is 916. The first-order valence-corrected chi connectivity index (χ1v) is 9.59. The molecule has 1 unspecified atom stereocenters. The van der Waals surface area contributed by atoms with E-state index in [1.807, 2.05) is 43.3 Å². The average molecular weight is 365 g/mol. The van der Waals surface area contributed by atoms with Crippen LogP contribution in [-0.4, -0.2) is 22.1 Å². The Morgan fingerprint density at radius 3 is 2.59 bits per heavy atom. The van der Waals surface area contributed by atoms with Crippen molar-refractivity contribution in [1.82, 2.24) is 15.5 Å². The molecule has 3 rings (SSSR count). The van der Waals surface area contributed by atoms with Crippen LogP contribution in [0, 0.1) is 12.8 Å². The molecule has 0 aliphatic rings. The fourth-order valence-electron chi connectivity index (χ4n) is 3.25. The number of hydrogen-bond donors (Lipinski definition) is 1. The number of pyridine rings is 1. The summed E-state index contributed by atoms with van der Waals surface area (Å²) in [5, 5.41) is 7.97. The summed E-state index contributed by atoms with van der Waals surface area (Å²) in [5.74, 6) is 0.573. The quantitative estimate of drug-likeness (QED) is 0.629. The second-order valence-electron chi connectivity index (χ2n) is 7.59. The Morgan fingerprint density at radius 1 is 1.15 bits per heavy atom. The number of carbonyl (C=O) groups excluding carboxylic acids is 1. The maximum absolute atomic E-state index is 13.0. The first kappa shape index (κ1) is 19.1. The normalized spacial score (nSPS) is 12.5. The molecule has 2 heterocycles. The van der Waals surface area contributed by atoms with Crippen LogP contribution in [0.25, 0.3) is 22.4 Å². The molecule has 1 N–H and O–H groups in total. The van der Waals surface area contributed by atoms with Gasteiger partial charge in [-0.3, -0.25) is 4.79 Å². The van der Waals surface area contributed by atoms with Crippen molar-refractivity contribution in [2.45, 2.75) is 53.0 Å². The highest BCUT2D eigenvalue weighted by Crippen LogP contribution is 2.30. The van der Waals surface area contributed by atoms with Gasteiger partial charge in [-0.2, -0.15) is 0 Å². The van der Waals surface area contributed by atoms with Gasteiger partial charge in [-0.1, -0.05) is 62.2 Å². The van der Waals surface area contributed by atoms with E-state index in [-0.39, 0.29) is 11.9 Å². The van der Waals surface area contributed by atoms with Crippen molar-refractivity contribution < 1.29 is 9.32 Å². The summed E-state index contributed by atoms with van der Waals surface area (Å²) in [6, 6.07) is 11.6. The van der Waals surface area contributed by atoms with Crippen LogP contribution in [0.1, 0.15) is 56.1 Å². The van der Waals surface area contributed by atoms with Crippen molar-refractivity contribution in [3.8, 4) is 11.3 Å². The fraction of sp³-hybridized carbons (Fsp3) is 0.409. The van der Waals surface area contributed by atoms with E-state index < -0.39 is 0 Å². The van der Waals surface area contributed by atoms with E-state index in [0.717, 1.165) is 24.1 Å². The number of carbonyl (C=O) groups is 1. The van der Waals surface area contributed by atoms with Crippen LogP contribution in [-0.2, 0) is 0 Å². The lowest BCUT2D eigenvalue weighted by atomic mass is 10.0. The third-order valence-electron chi connectivity index (χ3n) is 4.66. The molecular formula is C22H27N3O2. The number of aryl methyl sites for hydroxylation is 1. The number of amides is 1. The molecule has 0 bridgehead atoms. The standard InChI is InChI=1S/C22H27N3O2/c1-14(2)9-8-10-15(3)23-21(26)18-13-16(4)24-22-19(18)20(25-27-22)17-11-6-5-7-12-17/h5-7,11-15H,8-10H2,1-4H3,(H,23,26). The topological polar surface area (TPSA) is 68.0 Å². The maximum Gasteiger partial charge on any atom is 0.259 e. The van der Waals surface area contributed by atoms with Crippen LogP contribution in [0.5, 0.6) is 0 Å². The summed E-state index contributed by atoms with van der Waals surface area (Å²) in [6.07, 6.45) is 3.24. The molecule has 5 nitrogen and oxygen atoms in total. The molecule has 1 aromatic carbocycles. The van der Waals surface area contributed by atoms with Crippen LogP contribution >= 0.6 is 0 Å². The molecule has 2 aromatic heterocycles. The van der Waals surface area contributed by atoms with Gasteiger partial charge >= 0.3 is 0 Å². The number of aromatic nitrogens is 2. The Kier molecular flexibility index (Phi) is 5.89. The van der Waals surface area contributed by atoms with Gasteiger partial charge in [0.2, 0.25) is 0 Å². The van der Waals surface area contributed by atoms with Gasteiger partial charge in [0.05, 0.1) is 10.9 Å². The van der Waals surface area contributed by atoms with E-state index in [1.54, 1.807) is 0 Å². The minimum atomic E-state index is -0.108. The number of benzene rings is 1. The first-order valence-electron chi connectivity index (χ1n) is 9.59. The summed E-state index contributed by atoms with van der Waals surface area (Å²) >= 11 is 0. The van der Waals surface area contributed by atoms with E-state index in [0.29, 0.717) is 28.3 Å². The lowest BCUT2D eigenvalue weighted by molar-refractivity contribution is 0.0939. The number of rotatable bonds is 7. The molecule has 1 amide bonds. The molecule has 0 aliphatic carbocycles. The lowest BCUT2D eigenvalue weighted by Gasteiger charge is -2.15. The summed E-state index contributed by atoms with van der Waals surface area (Å²) < 4.78 is 5.43.